The maximum Gasteiger partial charge on any atom is 0.164 e. The summed E-state index contributed by atoms with van der Waals surface area (Å²) in [7, 11) is 0. The number of benzene rings is 8. The third-order valence-electron chi connectivity index (χ3n) is 10.8. The molecule has 12 aromatic rings. The molecule has 8 aromatic carbocycles. The molecule has 0 bridgehead atoms. The number of fused-ring (bicyclic) bond motifs is 12. The second-order valence-electron chi connectivity index (χ2n) is 14.0. The van der Waals surface area contributed by atoms with E-state index in [9.17, 15) is 0 Å². The lowest BCUT2D eigenvalue weighted by atomic mass is 9.98. The quantitative estimate of drug-likeness (QED) is 0.182. The molecular weight excluding hydrogens is 677 g/mol. The number of aromatic nitrogens is 4. The zero-order chi connectivity index (χ0) is 36.0. The molecule has 0 radical (unpaired) electrons. The number of hydrogen-bond donors (Lipinski definition) is 0. The summed E-state index contributed by atoms with van der Waals surface area (Å²) in [6.07, 6.45) is 0. The van der Waals surface area contributed by atoms with E-state index in [2.05, 4.69) is 102 Å². The van der Waals surface area contributed by atoms with Crippen molar-refractivity contribution in [1.82, 2.24) is 19.5 Å². The van der Waals surface area contributed by atoms with Gasteiger partial charge in [-0.05, 0) is 47.2 Å². The lowest BCUT2D eigenvalue weighted by Gasteiger charge is -2.11. The Hall–Kier alpha value is -7.57. The number of para-hydroxylation sites is 2. The van der Waals surface area contributed by atoms with Crippen LogP contribution in [-0.2, 0) is 0 Å². The molecule has 12 rings (SSSR count). The van der Waals surface area contributed by atoms with Crippen LogP contribution in [0.5, 0.6) is 0 Å². The number of furan rings is 2. The van der Waals surface area contributed by atoms with Crippen molar-refractivity contribution in [1.29, 1.82) is 0 Å². The largest absolute Gasteiger partial charge is 0.456 e. The molecule has 4 heterocycles. The first kappa shape index (κ1) is 29.9. The standard InChI is InChI=1S/C49H28N4O2/c1-3-13-29(14-4-1)47-50-48(30-15-5-2-6-16-30)52-49(51-47)39-28-43-44(35-20-8-7-17-32(35)39)38-24-23-31(27-42(38)54-43)53-40-21-11-9-18-33(40)36-25-26-37-34-19-10-12-22-41(34)55-46(37)45(36)53/h1-28H. The number of rotatable bonds is 4. The molecule has 0 N–H and O–H groups in total. The molecule has 6 nitrogen and oxygen atoms in total. The van der Waals surface area contributed by atoms with E-state index in [0.717, 1.165) is 93.4 Å². The molecule has 4 aromatic heterocycles. The van der Waals surface area contributed by atoms with E-state index in [-0.39, 0.29) is 0 Å². The van der Waals surface area contributed by atoms with E-state index in [1.807, 2.05) is 72.8 Å². The van der Waals surface area contributed by atoms with Crippen LogP contribution in [0.3, 0.4) is 0 Å². The predicted octanol–water partition coefficient (Wildman–Crippen LogP) is 12.9. The average Bonchev–Trinajstić information content (AvgIpc) is 3.93. The third kappa shape index (κ3) is 4.46. The van der Waals surface area contributed by atoms with E-state index in [4.69, 9.17) is 23.8 Å². The molecule has 0 aliphatic rings. The van der Waals surface area contributed by atoms with Crippen LogP contribution in [0.25, 0.3) is 116 Å². The Balaban J connectivity index is 1.11. The molecule has 0 saturated carbocycles. The predicted molar refractivity (Wildman–Crippen MR) is 223 cm³/mol. The molecule has 0 spiro atoms. The molecular formula is C49H28N4O2. The minimum Gasteiger partial charge on any atom is -0.456 e. The fourth-order valence-corrected chi connectivity index (χ4v) is 8.38. The summed E-state index contributed by atoms with van der Waals surface area (Å²) in [5, 5.41) is 8.74. The topological polar surface area (TPSA) is 69.9 Å². The maximum absolute atomic E-state index is 6.84. The number of nitrogens with zero attached hydrogens (tertiary/aromatic N) is 4. The van der Waals surface area contributed by atoms with Gasteiger partial charge in [0.05, 0.1) is 16.7 Å². The van der Waals surface area contributed by atoms with Crippen LogP contribution in [0.15, 0.2) is 179 Å². The van der Waals surface area contributed by atoms with Crippen molar-refractivity contribution in [3.8, 4) is 39.9 Å². The lowest BCUT2D eigenvalue weighted by Crippen LogP contribution is -2.00. The highest BCUT2D eigenvalue weighted by atomic mass is 16.3. The molecule has 0 unspecified atom stereocenters. The summed E-state index contributed by atoms with van der Waals surface area (Å²) in [5.74, 6) is 1.83. The van der Waals surface area contributed by atoms with Gasteiger partial charge in [-0.2, -0.15) is 0 Å². The Morgan fingerprint density at radius 3 is 1.75 bits per heavy atom. The molecule has 0 aliphatic heterocycles. The van der Waals surface area contributed by atoms with Gasteiger partial charge in [0.2, 0.25) is 0 Å². The van der Waals surface area contributed by atoms with E-state index < -0.39 is 0 Å². The maximum atomic E-state index is 6.84. The van der Waals surface area contributed by atoms with E-state index in [0.29, 0.717) is 17.5 Å². The molecule has 0 amide bonds. The van der Waals surface area contributed by atoms with Gasteiger partial charge in [-0.25, -0.2) is 15.0 Å². The minimum absolute atomic E-state index is 0.590. The second-order valence-corrected chi connectivity index (χ2v) is 14.0. The highest BCUT2D eigenvalue weighted by Gasteiger charge is 2.22. The van der Waals surface area contributed by atoms with Crippen LogP contribution in [-0.4, -0.2) is 19.5 Å². The molecule has 0 saturated heterocycles. The van der Waals surface area contributed by atoms with Crippen molar-refractivity contribution in [2.24, 2.45) is 0 Å². The normalized spacial score (nSPS) is 12.0. The van der Waals surface area contributed by atoms with E-state index >= 15 is 0 Å². The first-order valence-corrected chi connectivity index (χ1v) is 18.4. The highest BCUT2D eigenvalue weighted by Crippen LogP contribution is 2.43. The van der Waals surface area contributed by atoms with Crippen molar-refractivity contribution in [3.05, 3.63) is 170 Å². The van der Waals surface area contributed by atoms with Crippen LogP contribution < -0.4 is 0 Å². The van der Waals surface area contributed by atoms with Gasteiger partial charge in [0.15, 0.2) is 23.1 Å². The van der Waals surface area contributed by atoms with Crippen molar-refractivity contribution in [2.75, 3.05) is 0 Å². The molecule has 55 heavy (non-hydrogen) atoms. The summed E-state index contributed by atoms with van der Waals surface area (Å²) in [5.41, 5.74) is 9.18. The van der Waals surface area contributed by atoms with Gasteiger partial charge in [0, 0.05) is 55.1 Å². The van der Waals surface area contributed by atoms with Crippen LogP contribution in [0.1, 0.15) is 0 Å². The summed E-state index contributed by atoms with van der Waals surface area (Å²) in [4.78, 5) is 15.1. The van der Waals surface area contributed by atoms with E-state index in [1.54, 1.807) is 0 Å². The van der Waals surface area contributed by atoms with Crippen LogP contribution in [0, 0.1) is 0 Å². The van der Waals surface area contributed by atoms with Gasteiger partial charge in [0.1, 0.15) is 16.7 Å². The van der Waals surface area contributed by atoms with Crippen LogP contribution in [0.2, 0.25) is 0 Å². The first-order chi connectivity index (χ1) is 27.3. The molecule has 256 valence electrons. The van der Waals surface area contributed by atoms with Crippen LogP contribution >= 0.6 is 0 Å². The van der Waals surface area contributed by atoms with Gasteiger partial charge in [-0.15, -0.1) is 0 Å². The summed E-state index contributed by atoms with van der Waals surface area (Å²) >= 11 is 0. The SMILES string of the molecule is c1ccc(-c2nc(-c3ccccc3)nc(-c3cc4oc5cc(-n6c7ccccc7c7ccc8c9ccccc9oc8c76)ccc5c4c4ccccc34)n2)cc1. The molecule has 0 fully saturated rings. The fourth-order valence-electron chi connectivity index (χ4n) is 8.38. The van der Waals surface area contributed by atoms with Crippen molar-refractivity contribution in [3.63, 3.8) is 0 Å². The number of hydrogen-bond acceptors (Lipinski definition) is 5. The summed E-state index contributed by atoms with van der Waals surface area (Å²) in [6, 6.07) is 58.4. The lowest BCUT2D eigenvalue weighted by molar-refractivity contribution is 0.668. The van der Waals surface area contributed by atoms with E-state index in [1.165, 1.54) is 5.39 Å². The summed E-state index contributed by atoms with van der Waals surface area (Å²) < 4.78 is 15.8. The summed E-state index contributed by atoms with van der Waals surface area (Å²) in [6.45, 7) is 0. The van der Waals surface area contributed by atoms with Gasteiger partial charge < -0.3 is 13.4 Å². The highest BCUT2D eigenvalue weighted by molar-refractivity contribution is 6.23. The van der Waals surface area contributed by atoms with Gasteiger partial charge in [-0.1, -0.05) is 127 Å². The Bertz CT molecular complexity index is 3430. The Labute approximate surface area is 313 Å². The van der Waals surface area contributed by atoms with Gasteiger partial charge >= 0.3 is 0 Å². The fraction of sp³-hybridized carbons (Fsp3) is 0. The van der Waals surface area contributed by atoms with Crippen molar-refractivity contribution < 1.29 is 8.83 Å². The Morgan fingerprint density at radius 2 is 0.982 bits per heavy atom. The van der Waals surface area contributed by atoms with Gasteiger partial charge in [0.25, 0.3) is 0 Å². The monoisotopic (exact) mass is 704 g/mol. The van der Waals surface area contributed by atoms with Gasteiger partial charge in [-0.3, -0.25) is 0 Å². The second kappa shape index (κ2) is 11.5. The van der Waals surface area contributed by atoms with Crippen molar-refractivity contribution in [2.45, 2.75) is 0 Å². The van der Waals surface area contributed by atoms with Crippen LogP contribution in [0.4, 0.5) is 0 Å². The minimum atomic E-state index is 0.590. The Morgan fingerprint density at radius 1 is 0.382 bits per heavy atom. The zero-order valence-electron chi connectivity index (χ0n) is 29.3. The molecule has 0 atom stereocenters. The average molecular weight is 705 g/mol. The zero-order valence-corrected chi connectivity index (χ0v) is 29.3. The smallest absolute Gasteiger partial charge is 0.164 e. The molecule has 0 aliphatic carbocycles. The Kier molecular flexibility index (Phi) is 6.24. The third-order valence-corrected chi connectivity index (χ3v) is 10.8. The van der Waals surface area contributed by atoms with Crippen molar-refractivity contribution >= 4 is 76.5 Å². The first-order valence-electron chi connectivity index (χ1n) is 18.4. The molecule has 6 heteroatoms.